The minimum Gasteiger partial charge on any atom is -0.490 e. The number of nitrogens with zero attached hydrogens (tertiary/aromatic N) is 2. The van der Waals surface area contributed by atoms with E-state index in [-0.39, 0.29) is 6.10 Å². The van der Waals surface area contributed by atoms with E-state index >= 15 is 0 Å². The molecule has 2 unspecified atom stereocenters. The van der Waals surface area contributed by atoms with Crippen LogP contribution in [0.1, 0.15) is 25.8 Å². The van der Waals surface area contributed by atoms with Crippen molar-refractivity contribution in [1.82, 2.24) is 9.55 Å². The summed E-state index contributed by atoms with van der Waals surface area (Å²) in [4.78, 5) is 4.72. The highest BCUT2D eigenvalue weighted by molar-refractivity contribution is 5.85. The van der Waals surface area contributed by atoms with Gasteiger partial charge in [0.2, 0.25) is 5.95 Å². The molecular weight excluding hydrogens is 238 g/mol. The second-order valence-electron chi connectivity index (χ2n) is 5.74. The van der Waals surface area contributed by atoms with Crippen molar-refractivity contribution < 1.29 is 4.74 Å². The fourth-order valence-electron chi connectivity index (χ4n) is 3.28. The molecule has 0 aliphatic carbocycles. The predicted octanol–water partition coefficient (Wildman–Crippen LogP) is 2.81. The van der Waals surface area contributed by atoms with Crippen LogP contribution in [-0.2, 0) is 13.0 Å². The second-order valence-corrected chi connectivity index (χ2v) is 5.74. The Bertz CT molecular complexity index is 646. The maximum Gasteiger partial charge on any atom is 0.203 e. The molecule has 19 heavy (non-hydrogen) atoms. The van der Waals surface area contributed by atoms with Crippen molar-refractivity contribution in [3.8, 4) is 5.75 Å². The summed E-state index contributed by atoms with van der Waals surface area (Å²) in [7, 11) is 0. The van der Waals surface area contributed by atoms with Gasteiger partial charge in [0.25, 0.3) is 0 Å². The number of rotatable bonds is 1. The van der Waals surface area contributed by atoms with E-state index in [9.17, 15) is 0 Å². The van der Waals surface area contributed by atoms with Crippen molar-refractivity contribution in [3.63, 3.8) is 0 Å². The first-order valence-electron chi connectivity index (χ1n) is 7.19. The Balaban J connectivity index is 1.92. The van der Waals surface area contributed by atoms with Gasteiger partial charge >= 0.3 is 0 Å². The standard InChI is InChI=1S/C15H19N3O/c1-3-10-7-16-15-17-12-4-5-13-11(6-9(2)19-13)14(12)18(15)8-10/h4-5,9-10H,3,6-8H2,1-2H3,(H,16,17). The fraction of sp³-hybridized carbons (Fsp3) is 0.533. The van der Waals surface area contributed by atoms with Crippen molar-refractivity contribution in [2.45, 2.75) is 39.3 Å². The van der Waals surface area contributed by atoms with Gasteiger partial charge in [0, 0.05) is 25.1 Å². The summed E-state index contributed by atoms with van der Waals surface area (Å²) in [5.74, 6) is 2.76. The maximum absolute atomic E-state index is 5.87. The number of hydrogen-bond acceptors (Lipinski definition) is 3. The largest absolute Gasteiger partial charge is 0.490 e. The third-order valence-electron chi connectivity index (χ3n) is 4.36. The number of anilines is 1. The fourth-order valence-corrected chi connectivity index (χ4v) is 3.28. The van der Waals surface area contributed by atoms with Crippen LogP contribution in [0, 0.1) is 5.92 Å². The van der Waals surface area contributed by atoms with Gasteiger partial charge in [0.05, 0.1) is 11.0 Å². The van der Waals surface area contributed by atoms with Crippen LogP contribution in [0.15, 0.2) is 12.1 Å². The van der Waals surface area contributed by atoms with E-state index in [4.69, 9.17) is 9.72 Å². The van der Waals surface area contributed by atoms with Crippen LogP contribution in [0.3, 0.4) is 0 Å². The highest BCUT2D eigenvalue weighted by atomic mass is 16.5. The molecule has 0 radical (unpaired) electrons. The molecule has 2 aliphatic rings. The van der Waals surface area contributed by atoms with Gasteiger partial charge < -0.3 is 14.6 Å². The Hall–Kier alpha value is -1.71. The topological polar surface area (TPSA) is 39.1 Å². The minimum absolute atomic E-state index is 0.283. The number of imidazole rings is 1. The Morgan fingerprint density at radius 1 is 1.47 bits per heavy atom. The lowest BCUT2D eigenvalue weighted by Gasteiger charge is -2.24. The van der Waals surface area contributed by atoms with E-state index in [2.05, 4.69) is 35.9 Å². The molecular formula is C15H19N3O. The van der Waals surface area contributed by atoms with Crippen molar-refractivity contribution >= 4 is 17.0 Å². The lowest BCUT2D eigenvalue weighted by Crippen LogP contribution is -2.27. The van der Waals surface area contributed by atoms with E-state index in [0.717, 1.165) is 36.7 Å². The van der Waals surface area contributed by atoms with Gasteiger partial charge in [0.15, 0.2) is 0 Å². The summed E-state index contributed by atoms with van der Waals surface area (Å²) in [6.45, 7) is 6.49. The lowest BCUT2D eigenvalue weighted by molar-refractivity contribution is 0.254. The first-order chi connectivity index (χ1) is 9.26. The van der Waals surface area contributed by atoms with Crippen molar-refractivity contribution in [1.29, 1.82) is 0 Å². The summed E-state index contributed by atoms with van der Waals surface area (Å²) < 4.78 is 8.22. The first-order valence-corrected chi connectivity index (χ1v) is 7.19. The van der Waals surface area contributed by atoms with Crippen LogP contribution < -0.4 is 10.1 Å². The first kappa shape index (κ1) is 11.1. The normalized spacial score (nSPS) is 24.7. The van der Waals surface area contributed by atoms with Crippen LogP contribution in [0.25, 0.3) is 11.0 Å². The van der Waals surface area contributed by atoms with E-state index in [1.807, 2.05) is 0 Å². The van der Waals surface area contributed by atoms with Crippen LogP contribution in [0.4, 0.5) is 5.95 Å². The summed E-state index contributed by atoms with van der Waals surface area (Å²) in [6.07, 6.45) is 2.48. The molecule has 0 spiro atoms. The molecule has 1 aromatic heterocycles. The Labute approximate surface area is 112 Å². The second kappa shape index (κ2) is 3.89. The number of aromatic nitrogens is 2. The highest BCUT2D eigenvalue weighted by Gasteiger charge is 2.27. The molecule has 1 N–H and O–H groups in total. The molecule has 0 saturated carbocycles. The lowest BCUT2D eigenvalue weighted by atomic mass is 10.0. The zero-order valence-corrected chi connectivity index (χ0v) is 11.4. The monoisotopic (exact) mass is 257 g/mol. The average molecular weight is 257 g/mol. The van der Waals surface area contributed by atoms with Gasteiger partial charge in [-0.05, 0) is 31.4 Å². The zero-order valence-electron chi connectivity index (χ0n) is 11.4. The Kier molecular flexibility index (Phi) is 2.28. The Morgan fingerprint density at radius 2 is 2.37 bits per heavy atom. The summed E-state index contributed by atoms with van der Waals surface area (Å²) in [5.41, 5.74) is 3.71. The molecule has 2 aliphatic heterocycles. The molecule has 0 bridgehead atoms. The average Bonchev–Trinajstić information content (AvgIpc) is 2.96. The summed E-state index contributed by atoms with van der Waals surface area (Å²) >= 11 is 0. The van der Waals surface area contributed by atoms with Gasteiger partial charge in [0.1, 0.15) is 11.9 Å². The maximum atomic E-state index is 5.87. The van der Waals surface area contributed by atoms with Gasteiger partial charge in [-0.25, -0.2) is 4.98 Å². The minimum atomic E-state index is 0.283. The molecule has 4 heteroatoms. The van der Waals surface area contributed by atoms with E-state index in [1.54, 1.807) is 0 Å². The molecule has 0 saturated heterocycles. The predicted molar refractivity (Wildman–Crippen MR) is 75.8 cm³/mol. The smallest absolute Gasteiger partial charge is 0.203 e. The molecule has 100 valence electrons. The molecule has 0 fully saturated rings. The number of nitrogens with one attached hydrogen (secondary N) is 1. The van der Waals surface area contributed by atoms with Crippen molar-refractivity contribution in [2.75, 3.05) is 11.9 Å². The number of hydrogen-bond donors (Lipinski definition) is 1. The molecule has 1 aromatic carbocycles. The van der Waals surface area contributed by atoms with Crippen molar-refractivity contribution in [3.05, 3.63) is 17.7 Å². The quantitative estimate of drug-likeness (QED) is 0.854. The summed E-state index contributed by atoms with van der Waals surface area (Å²) in [6, 6.07) is 4.15. The molecule has 2 aromatic rings. The third kappa shape index (κ3) is 1.55. The molecule has 0 amide bonds. The van der Waals surface area contributed by atoms with E-state index in [1.165, 1.54) is 17.5 Å². The van der Waals surface area contributed by atoms with Crippen molar-refractivity contribution in [2.24, 2.45) is 5.92 Å². The third-order valence-corrected chi connectivity index (χ3v) is 4.36. The van der Waals surface area contributed by atoms with Crippen LogP contribution in [-0.4, -0.2) is 22.2 Å². The van der Waals surface area contributed by atoms with Crippen LogP contribution in [0.5, 0.6) is 5.75 Å². The zero-order chi connectivity index (χ0) is 13.0. The van der Waals surface area contributed by atoms with Crippen LogP contribution >= 0.6 is 0 Å². The Morgan fingerprint density at radius 3 is 3.21 bits per heavy atom. The number of ether oxygens (including phenoxy) is 1. The van der Waals surface area contributed by atoms with Gasteiger partial charge in [-0.3, -0.25) is 0 Å². The van der Waals surface area contributed by atoms with E-state index < -0.39 is 0 Å². The molecule has 4 rings (SSSR count). The SMILES string of the molecule is CCC1CNc2nc3ccc4c(c3n2C1)CC(C)O4. The molecule has 2 atom stereocenters. The number of benzene rings is 1. The van der Waals surface area contributed by atoms with Gasteiger partial charge in [-0.15, -0.1) is 0 Å². The molecule has 4 nitrogen and oxygen atoms in total. The highest BCUT2D eigenvalue weighted by Crippen LogP contribution is 2.37. The summed E-state index contributed by atoms with van der Waals surface area (Å²) in [5, 5.41) is 3.47. The number of fused-ring (bicyclic) bond motifs is 5. The molecule has 3 heterocycles. The van der Waals surface area contributed by atoms with Gasteiger partial charge in [-0.1, -0.05) is 6.92 Å². The van der Waals surface area contributed by atoms with E-state index in [0.29, 0.717) is 5.92 Å². The van der Waals surface area contributed by atoms with Gasteiger partial charge in [-0.2, -0.15) is 0 Å². The van der Waals surface area contributed by atoms with Crippen LogP contribution in [0.2, 0.25) is 0 Å².